The number of nitrogens with two attached hydrogens (primary N) is 1. The van der Waals surface area contributed by atoms with Crippen LogP contribution in [0.5, 0.6) is 11.5 Å². The molecule has 0 aliphatic heterocycles. The van der Waals surface area contributed by atoms with Gasteiger partial charge >= 0.3 is 0 Å². The van der Waals surface area contributed by atoms with Gasteiger partial charge in [0.15, 0.2) is 16.6 Å². The predicted octanol–water partition coefficient (Wildman–Crippen LogP) is 2.11. The molecule has 2 aromatic rings. The van der Waals surface area contributed by atoms with Crippen molar-refractivity contribution in [1.29, 1.82) is 0 Å². The monoisotopic (exact) mass is 222 g/mol. The van der Waals surface area contributed by atoms with Gasteiger partial charge < -0.3 is 15.6 Å². The van der Waals surface area contributed by atoms with E-state index in [1.54, 1.807) is 18.3 Å². The molecule has 1 aromatic carbocycles. The number of phenolic OH excluding ortho intramolecular Hbond substituents is 1. The second-order valence-electron chi connectivity index (χ2n) is 2.95. The molecular formula is C10H10N2O2S. The summed E-state index contributed by atoms with van der Waals surface area (Å²) in [6.45, 7) is 0. The van der Waals surface area contributed by atoms with Gasteiger partial charge in [0.25, 0.3) is 0 Å². The summed E-state index contributed by atoms with van der Waals surface area (Å²) in [7, 11) is 1.51. The number of benzene rings is 1. The molecule has 0 radical (unpaired) electrons. The molecule has 0 atom stereocenters. The van der Waals surface area contributed by atoms with Gasteiger partial charge in [-0.25, -0.2) is 4.98 Å². The third kappa shape index (κ3) is 1.87. The van der Waals surface area contributed by atoms with Crippen LogP contribution >= 0.6 is 11.3 Å². The molecular weight excluding hydrogens is 212 g/mol. The molecule has 1 heterocycles. The summed E-state index contributed by atoms with van der Waals surface area (Å²) in [5, 5.41) is 10.1. The first-order chi connectivity index (χ1) is 7.20. The summed E-state index contributed by atoms with van der Waals surface area (Å²) < 4.78 is 4.95. The van der Waals surface area contributed by atoms with Gasteiger partial charge in [0.05, 0.1) is 12.0 Å². The van der Waals surface area contributed by atoms with Crippen molar-refractivity contribution < 1.29 is 9.84 Å². The standard InChI is InChI=1S/C10H10N2O2S/c1-14-8-3-2-6(4-7(8)13)9-5-12-10(11)15-9/h2-5,13H,1H3,(H2,11,12). The number of anilines is 1. The van der Waals surface area contributed by atoms with E-state index in [-0.39, 0.29) is 5.75 Å². The third-order valence-corrected chi connectivity index (χ3v) is 2.86. The van der Waals surface area contributed by atoms with Crippen LogP contribution in [-0.4, -0.2) is 17.2 Å². The zero-order chi connectivity index (χ0) is 10.8. The Hall–Kier alpha value is -1.75. The zero-order valence-electron chi connectivity index (χ0n) is 8.10. The lowest BCUT2D eigenvalue weighted by Gasteiger charge is -2.04. The Morgan fingerprint density at radius 1 is 1.47 bits per heavy atom. The van der Waals surface area contributed by atoms with Gasteiger partial charge in [0.2, 0.25) is 0 Å². The molecule has 4 nitrogen and oxygen atoms in total. The molecule has 5 heteroatoms. The highest BCUT2D eigenvalue weighted by Gasteiger charge is 2.06. The molecule has 0 fully saturated rings. The van der Waals surface area contributed by atoms with Crippen LogP contribution in [0.4, 0.5) is 5.13 Å². The maximum atomic E-state index is 9.59. The van der Waals surface area contributed by atoms with Crippen molar-refractivity contribution in [2.45, 2.75) is 0 Å². The van der Waals surface area contributed by atoms with E-state index < -0.39 is 0 Å². The van der Waals surface area contributed by atoms with E-state index in [4.69, 9.17) is 10.5 Å². The topological polar surface area (TPSA) is 68.4 Å². The lowest BCUT2D eigenvalue weighted by Crippen LogP contribution is -1.83. The van der Waals surface area contributed by atoms with Gasteiger partial charge in [0.1, 0.15) is 0 Å². The summed E-state index contributed by atoms with van der Waals surface area (Å²) >= 11 is 1.38. The first-order valence-electron chi connectivity index (χ1n) is 4.29. The van der Waals surface area contributed by atoms with Crippen LogP contribution in [-0.2, 0) is 0 Å². The normalized spacial score (nSPS) is 10.2. The second-order valence-corrected chi connectivity index (χ2v) is 4.01. The second kappa shape index (κ2) is 3.78. The van der Waals surface area contributed by atoms with Gasteiger partial charge in [-0.05, 0) is 23.8 Å². The average molecular weight is 222 g/mol. The van der Waals surface area contributed by atoms with Crippen LogP contribution in [0.2, 0.25) is 0 Å². The van der Waals surface area contributed by atoms with Crippen molar-refractivity contribution >= 4 is 16.5 Å². The molecule has 0 bridgehead atoms. The van der Waals surface area contributed by atoms with E-state index in [1.165, 1.54) is 18.4 Å². The van der Waals surface area contributed by atoms with Gasteiger partial charge in [0, 0.05) is 6.20 Å². The fourth-order valence-corrected chi connectivity index (χ4v) is 1.95. The molecule has 78 valence electrons. The highest BCUT2D eigenvalue weighted by molar-refractivity contribution is 7.18. The summed E-state index contributed by atoms with van der Waals surface area (Å²) in [6, 6.07) is 5.19. The summed E-state index contributed by atoms with van der Waals surface area (Å²) in [4.78, 5) is 4.87. The fraction of sp³-hybridized carbons (Fsp3) is 0.100. The Labute approximate surface area is 91.0 Å². The van der Waals surface area contributed by atoms with Crippen molar-refractivity contribution in [1.82, 2.24) is 4.98 Å². The number of aromatic nitrogens is 1. The molecule has 0 aliphatic rings. The number of nitrogen functional groups attached to an aromatic ring is 1. The first kappa shape index (κ1) is 9.79. The number of hydrogen-bond acceptors (Lipinski definition) is 5. The maximum absolute atomic E-state index is 9.59. The minimum Gasteiger partial charge on any atom is -0.504 e. The minimum absolute atomic E-state index is 0.113. The Morgan fingerprint density at radius 3 is 2.80 bits per heavy atom. The summed E-state index contributed by atoms with van der Waals surface area (Å²) in [5.74, 6) is 0.568. The van der Waals surface area contributed by atoms with Crippen LogP contribution in [0, 0.1) is 0 Å². The molecule has 0 amide bonds. The van der Waals surface area contributed by atoms with E-state index in [1.807, 2.05) is 6.07 Å². The lowest BCUT2D eigenvalue weighted by atomic mass is 10.2. The maximum Gasteiger partial charge on any atom is 0.180 e. The van der Waals surface area contributed by atoms with Crippen LogP contribution in [0.3, 0.4) is 0 Å². The van der Waals surface area contributed by atoms with Gasteiger partial charge in [-0.1, -0.05) is 11.3 Å². The van der Waals surface area contributed by atoms with Crippen molar-refractivity contribution in [2.24, 2.45) is 0 Å². The van der Waals surface area contributed by atoms with E-state index in [0.717, 1.165) is 10.4 Å². The number of nitrogens with zero attached hydrogens (tertiary/aromatic N) is 1. The van der Waals surface area contributed by atoms with Gasteiger partial charge in [-0.2, -0.15) is 0 Å². The number of methoxy groups -OCH3 is 1. The van der Waals surface area contributed by atoms with Gasteiger partial charge in [-0.15, -0.1) is 0 Å². The van der Waals surface area contributed by atoms with E-state index >= 15 is 0 Å². The Morgan fingerprint density at radius 2 is 2.27 bits per heavy atom. The fourth-order valence-electron chi connectivity index (χ4n) is 1.26. The third-order valence-electron chi connectivity index (χ3n) is 1.99. The number of thiazole rings is 1. The van der Waals surface area contributed by atoms with Crippen LogP contribution in [0.25, 0.3) is 10.4 Å². The first-order valence-corrected chi connectivity index (χ1v) is 5.11. The lowest BCUT2D eigenvalue weighted by molar-refractivity contribution is 0.373. The SMILES string of the molecule is COc1ccc(-c2cnc(N)s2)cc1O. The van der Waals surface area contributed by atoms with E-state index in [0.29, 0.717) is 10.9 Å². The summed E-state index contributed by atoms with van der Waals surface area (Å²) in [6.07, 6.45) is 1.68. The molecule has 3 N–H and O–H groups in total. The van der Waals surface area contributed by atoms with Crippen molar-refractivity contribution in [3.05, 3.63) is 24.4 Å². The highest BCUT2D eigenvalue weighted by Crippen LogP contribution is 2.34. The molecule has 1 aromatic heterocycles. The number of rotatable bonds is 2. The van der Waals surface area contributed by atoms with Gasteiger partial charge in [-0.3, -0.25) is 0 Å². The predicted molar refractivity (Wildman–Crippen MR) is 60.2 cm³/mol. The van der Waals surface area contributed by atoms with Crippen molar-refractivity contribution in [2.75, 3.05) is 12.8 Å². The van der Waals surface area contributed by atoms with Crippen LogP contribution in [0.1, 0.15) is 0 Å². The molecule has 0 spiro atoms. The quantitative estimate of drug-likeness (QED) is 0.816. The molecule has 0 unspecified atom stereocenters. The summed E-state index contributed by atoms with van der Waals surface area (Å²) in [5.41, 5.74) is 6.41. The van der Waals surface area contributed by atoms with Crippen molar-refractivity contribution in [3.8, 4) is 21.9 Å². The Balaban J connectivity index is 2.42. The van der Waals surface area contributed by atoms with Crippen LogP contribution in [0.15, 0.2) is 24.4 Å². The molecule has 0 saturated carbocycles. The number of aromatic hydroxyl groups is 1. The average Bonchev–Trinajstić information content (AvgIpc) is 2.65. The largest absolute Gasteiger partial charge is 0.504 e. The molecule has 0 aliphatic carbocycles. The zero-order valence-corrected chi connectivity index (χ0v) is 8.91. The Kier molecular flexibility index (Phi) is 2.47. The van der Waals surface area contributed by atoms with Crippen molar-refractivity contribution in [3.63, 3.8) is 0 Å². The minimum atomic E-state index is 0.113. The smallest absolute Gasteiger partial charge is 0.180 e. The van der Waals surface area contributed by atoms with Crippen LogP contribution < -0.4 is 10.5 Å². The van der Waals surface area contributed by atoms with E-state index in [9.17, 15) is 5.11 Å². The number of hydrogen-bond donors (Lipinski definition) is 2. The van der Waals surface area contributed by atoms with E-state index in [2.05, 4.69) is 4.98 Å². The molecule has 0 saturated heterocycles. The number of ether oxygens (including phenoxy) is 1. The molecule has 2 rings (SSSR count). The Bertz CT molecular complexity index is 482. The molecule has 15 heavy (non-hydrogen) atoms. The number of phenols is 1. The highest BCUT2D eigenvalue weighted by atomic mass is 32.1.